The molecule has 218 valence electrons. The van der Waals surface area contributed by atoms with Crippen LogP contribution in [0.25, 0.3) is 0 Å². The second-order valence-electron chi connectivity index (χ2n) is 11.4. The number of halogens is 3. The van der Waals surface area contributed by atoms with E-state index in [1.165, 1.54) is 0 Å². The third-order valence-corrected chi connectivity index (χ3v) is 4.79. The number of carbonyl (C=O) groups excluding carboxylic acids is 1. The van der Waals surface area contributed by atoms with E-state index in [2.05, 4.69) is 46.9 Å². The number of hydrogen-bond donors (Lipinski definition) is 3. The Balaban J connectivity index is 0.000000724. The number of carboxylic acid groups (broad SMARTS) is 1. The van der Waals surface area contributed by atoms with E-state index >= 15 is 0 Å². The number of nitrogens with one attached hydrogen (secondary N) is 1. The number of phenols is 1. The lowest BCUT2D eigenvalue weighted by atomic mass is 9.97. The molecule has 0 fully saturated rings. The van der Waals surface area contributed by atoms with Crippen molar-refractivity contribution in [2.24, 2.45) is 5.92 Å². The first kappa shape index (κ1) is 33.8. The van der Waals surface area contributed by atoms with E-state index < -0.39 is 40.7 Å². The van der Waals surface area contributed by atoms with Gasteiger partial charge >= 0.3 is 12.3 Å². The van der Waals surface area contributed by atoms with Crippen LogP contribution >= 0.6 is 0 Å². The van der Waals surface area contributed by atoms with Crippen molar-refractivity contribution < 1.29 is 42.4 Å². The smallest absolute Gasteiger partial charge is 0.423 e. The standard InChI is InChI=1S/C21H22F3NO5.C8H18O/c1-12(2)9-16(26)15-7-8-17(18(19(15)27)21(22,23)24)30-11-14-5-3-13(4-6-14)10-25-20(28)29;1-7(2,3)9-8(4,5)6/h3-8,12,25,27H,9-11H2,1-2H3,(H,28,29);1-6H3. The van der Waals surface area contributed by atoms with Gasteiger partial charge < -0.3 is 25.0 Å². The number of benzene rings is 2. The average molecular weight is 556 g/mol. The van der Waals surface area contributed by atoms with Crippen molar-refractivity contribution in [3.8, 4) is 11.5 Å². The molecule has 2 rings (SSSR count). The monoisotopic (exact) mass is 555 g/mol. The van der Waals surface area contributed by atoms with Crippen LogP contribution in [-0.2, 0) is 24.1 Å². The van der Waals surface area contributed by atoms with Crippen LogP contribution in [0.5, 0.6) is 11.5 Å². The zero-order chi connectivity index (χ0) is 30.2. The number of alkyl halides is 3. The molecule has 0 unspecified atom stereocenters. The van der Waals surface area contributed by atoms with Gasteiger partial charge in [0.25, 0.3) is 0 Å². The van der Waals surface area contributed by atoms with Gasteiger partial charge in [-0.25, -0.2) is 4.79 Å². The van der Waals surface area contributed by atoms with Crippen molar-refractivity contribution in [1.82, 2.24) is 5.32 Å². The summed E-state index contributed by atoms with van der Waals surface area (Å²) in [6.45, 7) is 15.8. The second kappa shape index (κ2) is 13.7. The van der Waals surface area contributed by atoms with Gasteiger partial charge in [-0.2, -0.15) is 13.2 Å². The highest BCUT2D eigenvalue weighted by Crippen LogP contribution is 2.44. The first-order valence-electron chi connectivity index (χ1n) is 12.5. The Hall–Kier alpha value is -3.27. The van der Waals surface area contributed by atoms with Gasteiger partial charge in [0.15, 0.2) is 5.78 Å². The van der Waals surface area contributed by atoms with Crippen LogP contribution in [0.4, 0.5) is 18.0 Å². The maximum absolute atomic E-state index is 13.5. The van der Waals surface area contributed by atoms with E-state index in [0.29, 0.717) is 11.1 Å². The molecule has 10 heteroatoms. The van der Waals surface area contributed by atoms with E-state index in [9.17, 15) is 27.9 Å². The van der Waals surface area contributed by atoms with Crippen LogP contribution in [0, 0.1) is 5.92 Å². The largest absolute Gasteiger partial charge is 0.506 e. The Bertz CT molecular complexity index is 1090. The van der Waals surface area contributed by atoms with Crippen molar-refractivity contribution in [3.63, 3.8) is 0 Å². The quantitative estimate of drug-likeness (QED) is 0.290. The van der Waals surface area contributed by atoms with Crippen LogP contribution in [-0.4, -0.2) is 33.3 Å². The van der Waals surface area contributed by atoms with Crippen LogP contribution < -0.4 is 10.1 Å². The van der Waals surface area contributed by atoms with Gasteiger partial charge in [-0.05, 0) is 70.7 Å². The number of aromatic hydroxyl groups is 1. The lowest BCUT2D eigenvalue weighted by Crippen LogP contribution is -2.31. The minimum absolute atomic E-state index is 0.00808. The van der Waals surface area contributed by atoms with E-state index in [1.54, 1.807) is 38.1 Å². The molecule has 2 aromatic carbocycles. The van der Waals surface area contributed by atoms with Crippen LogP contribution in [0.3, 0.4) is 0 Å². The minimum Gasteiger partial charge on any atom is -0.506 e. The SMILES string of the molecule is CC(C)(C)OC(C)(C)C.CC(C)CC(=O)c1ccc(OCc2ccc(CNC(=O)O)cc2)c(C(F)(F)F)c1O. The Morgan fingerprint density at radius 3 is 1.82 bits per heavy atom. The number of ketones is 1. The van der Waals surface area contributed by atoms with Crippen molar-refractivity contribution in [3.05, 3.63) is 58.7 Å². The number of phenolic OH excluding ortho intramolecular Hbond substituents is 1. The summed E-state index contributed by atoms with van der Waals surface area (Å²) < 4.78 is 51.5. The summed E-state index contributed by atoms with van der Waals surface area (Å²) in [4.78, 5) is 22.7. The number of amides is 1. The Morgan fingerprint density at radius 2 is 1.41 bits per heavy atom. The van der Waals surface area contributed by atoms with Crippen molar-refractivity contribution in [2.75, 3.05) is 0 Å². The molecule has 1 amide bonds. The molecule has 0 heterocycles. The zero-order valence-electron chi connectivity index (χ0n) is 23.8. The van der Waals surface area contributed by atoms with Gasteiger partial charge in [-0.1, -0.05) is 38.1 Å². The molecule has 2 aromatic rings. The highest BCUT2D eigenvalue weighted by Gasteiger charge is 2.39. The molecule has 0 aliphatic rings. The zero-order valence-corrected chi connectivity index (χ0v) is 23.8. The summed E-state index contributed by atoms with van der Waals surface area (Å²) in [5.41, 5.74) is -0.598. The van der Waals surface area contributed by atoms with E-state index in [0.717, 1.165) is 12.1 Å². The molecule has 0 aliphatic heterocycles. The Kier molecular flexibility index (Phi) is 11.8. The van der Waals surface area contributed by atoms with Crippen LogP contribution in [0.2, 0.25) is 0 Å². The normalized spacial score (nSPS) is 12.0. The predicted octanol–water partition coefficient (Wildman–Crippen LogP) is 7.59. The molecular formula is C29H40F3NO6. The fourth-order valence-electron chi connectivity index (χ4n) is 3.68. The molecule has 0 spiro atoms. The molecule has 0 saturated heterocycles. The van der Waals surface area contributed by atoms with E-state index in [1.807, 2.05) is 0 Å². The van der Waals surface area contributed by atoms with E-state index in [-0.39, 0.29) is 36.7 Å². The number of rotatable bonds is 8. The molecule has 3 N–H and O–H groups in total. The molecule has 0 saturated carbocycles. The minimum atomic E-state index is -4.92. The van der Waals surface area contributed by atoms with Crippen molar-refractivity contribution >= 4 is 11.9 Å². The number of Topliss-reactive ketones (excluding diaryl/α,β-unsaturated/α-hetero) is 1. The first-order valence-corrected chi connectivity index (χ1v) is 12.5. The summed E-state index contributed by atoms with van der Waals surface area (Å²) in [6.07, 6.45) is -6.08. The Morgan fingerprint density at radius 1 is 0.897 bits per heavy atom. The second-order valence-corrected chi connectivity index (χ2v) is 11.4. The van der Waals surface area contributed by atoms with Crippen LogP contribution in [0.15, 0.2) is 36.4 Å². The summed E-state index contributed by atoms with van der Waals surface area (Å²) in [6, 6.07) is 8.57. The van der Waals surface area contributed by atoms with Gasteiger partial charge in [0.1, 0.15) is 23.7 Å². The lowest BCUT2D eigenvalue weighted by Gasteiger charge is -2.30. The first-order chi connectivity index (χ1) is 17.7. The van der Waals surface area contributed by atoms with Gasteiger partial charge in [0, 0.05) is 13.0 Å². The number of hydrogen-bond acceptors (Lipinski definition) is 5. The summed E-state index contributed by atoms with van der Waals surface area (Å²) >= 11 is 0. The third kappa shape index (κ3) is 12.9. The average Bonchev–Trinajstić information content (AvgIpc) is 2.73. The predicted molar refractivity (Wildman–Crippen MR) is 143 cm³/mol. The van der Waals surface area contributed by atoms with E-state index in [4.69, 9.17) is 14.6 Å². The van der Waals surface area contributed by atoms with Gasteiger partial charge in [0.05, 0.1) is 16.8 Å². The van der Waals surface area contributed by atoms with Crippen molar-refractivity contribution in [1.29, 1.82) is 0 Å². The van der Waals surface area contributed by atoms with Gasteiger partial charge in [-0.3, -0.25) is 4.79 Å². The van der Waals surface area contributed by atoms with Crippen molar-refractivity contribution in [2.45, 2.75) is 92.3 Å². The highest BCUT2D eigenvalue weighted by molar-refractivity contribution is 5.99. The molecule has 39 heavy (non-hydrogen) atoms. The summed E-state index contributed by atoms with van der Waals surface area (Å²) in [5, 5.41) is 20.9. The van der Waals surface area contributed by atoms with Crippen LogP contribution in [0.1, 0.15) is 88.9 Å². The summed E-state index contributed by atoms with van der Waals surface area (Å²) in [5.74, 6) is -2.38. The van der Waals surface area contributed by atoms with Gasteiger partial charge in [0.2, 0.25) is 0 Å². The molecule has 0 radical (unpaired) electrons. The topological polar surface area (TPSA) is 105 Å². The summed E-state index contributed by atoms with van der Waals surface area (Å²) in [7, 11) is 0. The molecular weight excluding hydrogens is 515 g/mol. The molecule has 7 nitrogen and oxygen atoms in total. The fourth-order valence-corrected chi connectivity index (χ4v) is 3.68. The molecule has 0 aliphatic carbocycles. The lowest BCUT2D eigenvalue weighted by molar-refractivity contribution is -0.140. The highest BCUT2D eigenvalue weighted by atomic mass is 19.4. The third-order valence-electron chi connectivity index (χ3n) is 4.79. The fraction of sp³-hybridized carbons (Fsp3) is 0.517. The number of ether oxygens (including phenoxy) is 2. The Labute approximate surface area is 228 Å². The molecule has 0 aromatic heterocycles. The molecule has 0 bridgehead atoms. The maximum atomic E-state index is 13.5. The molecule has 0 atom stereocenters. The maximum Gasteiger partial charge on any atom is 0.423 e. The number of carbonyl (C=O) groups is 2. The van der Waals surface area contributed by atoms with Gasteiger partial charge in [-0.15, -0.1) is 0 Å².